The van der Waals surface area contributed by atoms with Gasteiger partial charge in [-0.15, -0.1) is 0 Å². The number of anilines is 1. The van der Waals surface area contributed by atoms with Crippen molar-refractivity contribution in [3.8, 4) is 0 Å². The normalized spacial score (nSPS) is 25.0. The molecule has 4 atom stereocenters. The number of benzene rings is 2. The van der Waals surface area contributed by atoms with Crippen LogP contribution in [0.25, 0.3) is 0 Å². The van der Waals surface area contributed by atoms with E-state index in [9.17, 15) is 44.0 Å². The predicted molar refractivity (Wildman–Crippen MR) is 213 cm³/mol. The molecule has 304 valence electrons. The Morgan fingerprint density at radius 2 is 1.71 bits per heavy atom. The monoisotopic (exact) mass is 851 g/mol. The Bertz CT molecular complexity index is 2380. The number of fused-ring (bicyclic) bond motifs is 4. The molecule has 56 heavy (non-hydrogen) atoms. The average Bonchev–Trinajstić information content (AvgIpc) is 3.64. The summed E-state index contributed by atoms with van der Waals surface area (Å²) >= 11 is 0.824. The Balaban J connectivity index is 1.26. The topological polar surface area (TPSA) is 219 Å². The molecule has 1 fully saturated rings. The molecule has 6 rings (SSSR count). The fourth-order valence-corrected chi connectivity index (χ4v) is 10.9. The van der Waals surface area contributed by atoms with Gasteiger partial charge in [-0.2, -0.15) is 34.2 Å². The first-order valence-electron chi connectivity index (χ1n) is 18.1. The molecule has 0 amide bonds. The molecule has 2 aromatic rings. The summed E-state index contributed by atoms with van der Waals surface area (Å²) in [5.74, 6) is -1.07. The van der Waals surface area contributed by atoms with Crippen LogP contribution in [-0.4, -0.2) is 90.3 Å². The van der Waals surface area contributed by atoms with Crippen molar-refractivity contribution in [2.75, 3.05) is 29.5 Å². The lowest BCUT2D eigenvalue weighted by molar-refractivity contribution is -0.451. The van der Waals surface area contributed by atoms with Gasteiger partial charge in [0.05, 0.1) is 28.1 Å². The van der Waals surface area contributed by atoms with E-state index in [1.54, 1.807) is 11.0 Å². The minimum Gasteiger partial charge on any atom is -0.385 e. The maximum absolute atomic E-state index is 11.9. The third-order valence-corrected chi connectivity index (χ3v) is 14.3. The second kappa shape index (κ2) is 15.9. The van der Waals surface area contributed by atoms with Gasteiger partial charge in [0.25, 0.3) is 30.4 Å². The highest BCUT2D eigenvalue weighted by Gasteiger charge is 2.57. The standard InChI is InChI=1S/C38H46N2O12S4/c1-37(2)31-22-29(56(49,50)51)13-15-33(31)39(18-19-54(43,44)45)35(37)11-6-4-5-8-25-9-7-10-26(20-25)30-16-17-38(3)32-21-28(53-52-42)12-14-34(32)40(36(30)38)23-27(41)24-55(46,47)48/h4-6,8,11-15,20-22,26-27,30,41H,7,9-10,16-19,23-24H2,1-3H3,(H3-,42,43,44,45,46,47,48,49,50,51)/p+1. The molecular weight excluding hydrogens is 805 g/mol. The Hall–Kier alpha value is -3.17. The van der Waals surface area contributed by atoms with Crippen LogP contribution in [0.2, 0.25) is 0 Å². The van der Waals surface area contributed by atoms with Gasteiger partial charge < -0.3 is 10.0 Å². The largest absolute Gasteiger partial charge is 0.385 e. The zero-order valence-corrected chi connectivity index (χ0v) is 34.4. The lowest BCUT2D eigenvalue weighted by Crippen LogP contribution is -2.37. The van der Waals surface area contributed by atoms with Crippen LogP contribution in [0.3, 0.4) is 0 Å². The van der Waals surface area contributed by atoms with Crippen molar-refractivity contribution < 1.29 is 58.2 Å². The minimum atomic E-state index is -4.48. The van der Waals surface area contributed by atoms with E-state index in [0.29, 0.717) is 21.8 Å². The van der Waals surface area contributed by atoms with Gasteiger partial charge in [-0.05, 0) is 86.9 Å². The van der Waals surface area contributed by atoms with Crippen LogP contribution in [0, 0.1) is 11.8 Å². The van der Waals surface area contributed by atoms with Gasteiger partial charge in [0.2, 0.25) is 5.69 Å². The van der Waals surface area contributed by atoms with Crippen molar-refractivity contribution in [3.05, 3.63) is 95.3 Å². The van der Waals surface area contributed by atoms with E-state index < -0.39 is 58.8 Å². The second-order valence-corrected chi connectivity index (χ2v) is 20.8. The molecule has 2 aliphatic carbocycles. The van der Waals surface area contributed by atoms with Crippen LogP contribution in [0.5, 0.6) is 0 Å². The second-order valence-electron chi connectivity index (χ2n) is 15.5. The molecule has 5 N–H and O–H groups in total. The molecule has 2 aliphatic heterocycles. The minimum absolute atomic E-state index is 0.0163. The molecule has 18 heteroatoms. The fraction of sp³-hybridized carbons (Fsp3) is 0.447. The summed E-state index contributed by atoms with van der Waals surface area (Å²) in [5.41, 5.74) is 4.70. The molecule has 0 aromatic heterocycles. The van der Waals surface area contributed by atoms with Crippen LogP contribution in [0.15, 0.2) is 93.9 Å². The number of nitrogens with zero attached hydrogens (tertiary/aromatic N) is 2. The van der Waals surface area contributed by atoms with Crippen LogP contribution in [0.1, 0.15) is 64.0 Å². The molecule has 4 unspecified atom stereocenters. The summed E-state index contributed by atoms with van der Waals surface area (Å²) in [5, 5.41) is 19.9. The first-order chi connectivity index (χ1) is 26.1. The lowest BCUT2D eigenvalue weighted by atomic mass is 9.75. The molecule has 14 nitrogen and oxygen atoms in total. The van der Waals surface area contributed by atoms with E-state index in [2.05, 4.69) is 17.3 Å². The van der Waals surface area contributed by atoms with E-state index >= 15 is 0 Å². The van der Waals surface area contributed by atoms with Gasteiger partial charge in [-0.1, -0.05) is 49.8 Å². The van der Waals surface area contributed by atoms with Crippen molar-refractivity contribution in [2.45, 2.75) is 79.6 Å². The predicted octanol–water partition coefficient (Wildman–Crippen LogP) is 5.85. The SMILES string of the molecule is CC1(C)C(=CC=CC=CC2=CC(C3CCC4(C)C3=[N+](CC(O)CS(=O)(=O)O)c3ccc(SOO)cc34)CCC2)N(CCS(=O)(=O)O)c2ccc(S(=O)(=O)O)cc21. The van der Waals surface area contributed by atoms with Gasteiger partial charge >= 0.3 is 0 Å². The zero-order valence-electron chi connectivity index (χ0n) is 31.1. The number of β-amino-alcohol motifs (C(OH)–C–C–N with tert-alkyl or cyclic N) is 1. The third-order valence-electron chi connectivity index (χ3n) is 11.4. The molecule has 0 spiro atoms. The van der Waals surface area contributed by atoms with Crippen molar-refractivity contribution >= 4 is 59.5 Å². The Labute approximate surface area is 332 Å². The van der Waals surface area contributed by atoms with Crippen LogP contribution in [-0.2, 0) is 45.5 Å². The number of allylic oxidation sites excluding steroid dienone is 8. The average molecular weight is 852 g/mol. The molecule has 0 bridgehead atoms. The zero-order chi connectivity index (χ0) is 40.8. The van der Waals surface area contributed by atoms with Crippen LogP contribution < -0.4 is 4.90 Å². The molecule has 0 radical (unpaired) electrons. The number of aliphatic hydroxyl groups excluding tert-OH is 1. The summed E-state index contributed by atoms with van der Waals surface area (Å²) in [4.78, 5) is 2.14. The molecule has 0 saturated heterocycles. The van der Waals surface area contributed by atoms with Gasteiger partial charge in [0, 0.05) is 45.8 Å². The highest BCUT2D eigenvalue weighted by molar-refractivity contribution is 7.94. The van der Waals surface area contributed by atoms with Crippen LogP contribution >= 0.6 is 12.0 Å². The number of aliphatic hydroxyl groups is 1. The van der Waals surface area contributed by atoms with Crippen LogP contribution in [0.4, 0.5) is 11.4 Å². The molecule has 1 saturated carbocycles. The lowest BCUT2D eigenvalue weighted by Gasteiger charge is -2.26. The highest BCUT2D eigenvalue weighted by atomic mass is 32.2. The smallest absolute Gasteiger partial charge is 0.294 e. The van der Waals surface area contributed by atoms with E-state index in [0.717, 1.165) is 66.7 Å². The fourth-order valence-electron chi connectivity index (χ4n) is 9.02. The maximum Gasteiger partial charge on any atom is 0.294 e. The van der Waals surface area contributed by atoms with E-state index in [1.165, 1.54) is 18.2 Å². The van der Waals surface area contributed by atoms with Crippen molar-refractivity contribution in [1.29, 1.82) is 0 Å². The maximum atomic E-state index is 11.9. The molecule has 2 aromatic carbocycles. The summed E-state index contributed by atoms with van der Waals surface area (Å²) in [6.45, 7) is 5.78. The highest BCUT2D eigenvalue weighted by Crippen LogP contribution is 2.54. The van der Waals surface area contributed by atoms with E-state index in [-0.39, 0.29) is 29.8 Å². The van der Waals surface area contributed by atoms with Crippen molar-refractivity contribution in [3.63, 3.8) is 0 Å². The van der Waals surface area contributed by atoms with Gasteiger partial charge in [0.1, 0.15) is 11.9 Å². The van der Waals surface area contributed by atoms with Gasteiger partial charge in [-0.3, -0.25) is 13.7 Å². The summed E-state index contributed by atoms with van der Waals surface area (Å²) in [6.07, 6.45) is 14.8. The number of hydrogen-bond acceptors (Lipinski definition) is 11. The number of rotatable bonds is 14. The van der Waals surface area contributed by atoms with Gasteiger partial charge in [-0.25, -0.2) is 5.26 Å². The summed E-state index contributed by atoms with van der Waals surface area (Å²) in [6, 6.07) is 9.77. The van der Waals surface area contributed by atoms with Crippen molar-refractivity contribution in [1.82, 2.24) is 0 Å². The first kappa shape index (κ1) is 42.4. The Kier molecular flexibility index (Phi) is 12.0. The summed E-state index contributed by atoms with van der Waals surface area (Å²) in [7, 11) is -13.2. The first-order valence-corrected chi connectivity index (χ1v) is 23.5. The quantitative estimate of drug-likeness (QED) is 0.0376. The molecule has 2 heterocycles. The summed E-state index contributed by atoms with van der Waals surface area (Å²) < 4.78 is 105. The molecular formula is C38H47N2O12S4+. The Morgan fingerprint density at radius 1 is 0.964 bits per heavy atom. The third kappa shape index (κ3) is 8.94. The van der Waals surface area contributed by atoms with E-state index in [1.807, 2.05) is 60.9 Å². The molecule has 4 aliphatic rings. The van der Waals surface area contributed by atoms with Gasteiger partial charge in [0.15, 0.2) is 12.3 Å². The van der Waals surface area contributed by atoms with E-state index in [4.69, 9.17) is 5.26 Å². The number of hydrogen-bond donors (Lipinski definition) is 5. The Morgan fingerprint density at radius 3 is 2.39 bits per heavy atom. The van der Waals surface area contributed by atoms with Crippen molar-refractivity contribution in [2.24, 2.45) is 11.8 Å².